The first-order valence-corrected chi connectivity index (χ1v) is 13.8. The van der Waals surface area contributed by atoms with Gasteiger partial charge in [-0.3, -0.25) is 19.2 Å². The van der Waals surface area contributed by atoms with E-state index in [0.717, 1.165) is 0 Å². The van der Waals surface area contributed by atoms with Crippen molar-refractivity contribution < 1.29 is 52.4 Å². The lowest BCUT2D eigenvalue weighted by Crippen LogP contribution is -2.77. The summed E-state index contributed by atoms with van der Waals surface area (Å²) in [6, 6.07) is 8.24. The van der Waals surface area contributed by atoms with E-state index >= 15 is 0 Å². The Hall–Kier alpha value is -3.47. The molecule has 3 aliphatic rings. The Balaban J connectivity index is 2.02. The van der Waals surface area contributed by atoms with Crippen LogP contribution in [-0.2, 0) is 47.6 Å². The first-order chi connectivity index (χ1) is 19.1. The smallest absolute Gasteiger partial charge is 0.338 e. The van der Waals surface area contributed by atoms with Gasteiger partial charge in [-0.15, -0.1) is 0 Å². The second-order valence-electron chi connectivity index (χ2n) is 11.8. The summed E-state index contributed by atoms with van der Waals surface area (Å²) in [7, 11) is 0. The van der Waals surface area contributed by atoms with Crippen molar-refractivity contribution in [3.05, 3.63) is 35.9 Å². The summed E-state index contributed by atoms with van der Waals surface area (Å²) in [6.45, 7) is 10.1. The molecule has 2 saturated carbocycles. The Morgan fingerprint density at radius 3 is 2.00 bits per heavy atom. The van der Waals surface area contributed by atoms with Crippen LogP contribution in [-0.4, -0.2) is 72.1 Å². The maximum absolute atomic E-state index is 13.7. The minimum atomic E-state index is -1.64. The number of carbonyl (C=O) groups excluding carboxylic acids is 5. The lowest BCUT2D eigenvalue weighted by atomic mass is 9.48. The number of fused-ring (bicyclic) bond motifs is 1. The molecule has 1 spiro atoms. The second-order valence-corrected chi connectivity index (χ2v) is 11.8. The third-order valence-corrected chi connectivity index (χ3v) is 8.75. The van der Waals surface area contributed by atoms with E-state index < -0.39 is 83.4 Å². The monoisotopic (exact) mass is 574 g/mol. The highest BCUT2D eigenvalue weighted by Crippen LogP contribution is 2.68. The van der Waals surface area contributed by atoms with Gasteiger partial charge in [-0.05, 0) is 44.7 Å². The van der Waals surface area contributed by atoms with Crippen LogP contribution in [0.5, 0.6) is 0 Å². The second kappa shape index (κ2) is 11.1. The number of esters is 5. The molecule has 2 bridgehead atoms. The van der Waals surface area contributed by atoms with Crippen molar-refractivity contribution in [2.75, 3.05) is 6.61 Å². The van der Waals surface area contributed by atoms with Crippen LogP contribution < -0.4 is 0 Å². The van der Waals surface area contributed by atoms with E-state index in [2.05, 4.69) is 0 Å². The molecule has 1 saturated heterocycles. The molecule has 224 valence electrons. The van der Waals surface area contributed by atoms with Crippen molar-refractivity contribution in [2.45, 2.75) is 96.9 Å². The number of hydrogen-bond acceptors (Lipinski definition) is 11. The standard InChI is InChI=1S/C30H38O11/c1-16-13-23(37-18(3)32)25(39-20(5)34)29(15-36-17(2)31)26(40-27(35)21-11-9-8-10-12-21)24(38-19(4)33)22-14-30(16,29)41-28(22,6)7/h8-12,16,22-26H,13-15H2,1-7H3/t16-,22+,23+,24+,25+,26+,29+,30+/m1/s1. The molecule has 11 nitrogen and oxygen atoms in total. The Kier molecular flexibility index (Phi) is 8.23. The van der Waals surface area contributed by atoms with Crippen LogP contribution in [0, 0.1) is 17.3 Å². The topological polar surface area (TPSA) is 141 Å². The third kappa shape index (κ3) is 5.31. The van der Waals surface area contributed by atoms with Gasteiger partial charge in [-0.1, -0.05) is 25.1 Å². The predicted molar refractivity (Wildman–Crippen MR) is 141 cm³/mol. The highest BCUT2D eigenvalue weighted by Gasteiger charge is 2.81. The van der Waals surface area contributed by atoms with Crippen molar-refractivity contribution in [1.29, 1.82) is 0 Å². The summed E-state index contributed by atoms with van der Waals surface area (Å²) in [4.78, 5) is 63.4. The molecule has 0 amide bonds. The Labute approximate surface area is 239 Å². The van der Waals surface area contributed by atoms with Gasteiger partial charge in [0.25, 0.3) is 0 Å². The average molecular weight is 575 g/mol. The van der Waals surface area contributed by atoms with Gasteiger partial charge >= 0.3 is 29.8 Å². The van der Waals surface area contributed by atoms with E-state index in [-0.39, 0.29) is 17.9 Å². The fourth-order valence-corrected chi connectivity index (χ4v) is 7.31. The van der Waals surface area contributed by atoms with Crippen molar-refractivity contribution in [1.82, 2.24) is 0 Å². The van der Waals surface area contributed by atoms with Crippen LogP contribution >= 0.6 is 0 Å². The molecule has 0 N–H and O–H groups in total. The lowest BCUT2D eigenvalue weighted by molar-refractivity contribution is -0.307. The first-order valence-electron chi connectivity index (χ1n) is 13.8. The van der Waals surface area contributed by atoms with Crippen molar-refractivity contribution >= 4 is 29.8 Å². The zero-order valence-corrected chi connectivity index (χ0v) is 24.5. The van der Waals surface area contributed by atoms with E-state index in [1.54, 1.807) is 30.3 Å². The molecule has 4 rings (SSSR count). The summed E-state index contributed by atoms with van der Waals surface area (Å²) < 4.78 is 36.3. The quantitative estimate of drug-likeness (QED) is 0.350. The van der Waals surface area contributed by atoms with Crippen LogP contribution in [0.1, 0.15) is 71.7 Å². The number of rotatable bonds is 7. The molecule has 8 atom stereocenters. The van der Waals surface area contributed by atoms with Gasteiger partial charge in [0.05, 0.1) is 16.8 Å². The van der Waals surface area contributed by atoms with Gasteiger partial charge in [-0.25, -0.2) is 4.79 Å². The maximum Gasteiger partial charge on any atom is 0.338 e. The molecule has 3 fully saturated rings. The summed E-state index contributed by atoms with van der Waals surface area (Å²) in [6.07, 6.45) is -4.15. The fraction of sp³-hybridized carbons (Fsp3) is 0.633. The molecule has 0 aromatic heterocycles. The summed E-state index contributed by atoms with van der Waals surface area (Å²) >= 11 is 0. The van der Waals surface area contributed by atoms with Gasteiger partial charge in [0, 0.05) is 33.6 Å². The van der Waals surface area contributed by atoms with E-state index in [0.29, 0.717) is 6.42 Å². The minimum Gasteiger partial charge on any atom is -0.465 e. The SMILES string of the molecule is CC(=O)OC[C@]12[C@@H](OC(=O)c3ccccc3)[C@@H](OC(C)=O)[C@@H]3C[C@]1(OC3(C)C)[C@H](C)C[C@H](OC(C)=O)[C@@H]2OC(C)=O. The van der Waals surface area contributed by atoms with Crippen molar-refractivity contribution in [2.24, 2.45) is 17.3 Å². The highest BCUT2D eigenvalue weighted by molar-refractivity contribution is 5.89. The molecular formula is C30H38O11. The highest BCUT2D eigenvalue weighted by atomic mass is 16.6. The van der Waals surface area contributed by atoms with Crippen molar-refractivity contribution in [3.8, 4) is 0 Å². The summed E-state index contributed by atoms with van der Waals surface area (Å²) in [5, 5.41) is 0. The van der Waals surface area contributed by atoms with Crippen LogP contribution in [0.15, 0.2) is 30.3 Å². The van der Waals surface area contributed by atoms with E-state index in [9.17, 15) is 24.0 Å². The van der Waals surface area contributed by atoms with Gasteiger partial charge < -0.3 is 28.4 Å². The molecule has 0 radical (unpaired) electrons. The molecule has 1 aromatic rings. The Morgan fingerprint density at radius 2 is 1.44 bits per heavy atom. The molecular weight excluding hydrogens is 536 g/mol. The normalized spacial score (nSPS) is 34.9. The zero-order chi connectivity index (χ0) is 30.3. The van der Waals surface area contributed by atoms with E-state index in [4.69, 9.17) is 28.4 Å². The van der Waals surface area contributed by atoms with Gasteiger partial charge in [0.2, 0.25) is 0 Å². The molecule has 11 heteroatoms. The summed E-state index contributed by atoms with van der Waals surface area (Å²) in [5.74, 6) is -4.13. The predicted octanol–water partition coefficient (Wildman–Crippen LogP) is 3.16. The molecule has 1 aliphatic heterocycles. The van der Waals surface area contributed by atoms with Gasteiger partial charge in [0.1, 0.15) is 24.2 Å². The number of ether oxygens (including phenoxy) is 6. The summed E-state index contributed by atoms with van der Waals surface area (Å²) in [5.41, 5.74) is -3.52. The van der Waals surface area contributed by atoms with Crippen molar-refractivity contribution in [3.63, 3.8) is 0 Å². The third-order valence-electron chi connectivity index (χ3n) is 8.75. The van der Waals surface area contributed by atoms with E-state index in [1.165, 1.54) is 27.7 Å². The number of carbonyl (C=O) groups is 5. The largest absolute Gasteiger partial charge is 0.465 e. The van der Waals surface area contributed by atoms with Crippen LogP contribution in [0.25, 0.3) is 0 Å². The molecule has 2 aliphatic carbocycles. The van der Waals surface area contributed by atoms with Crippen LogP contribution in [0.4, 0.5) is 0 Å². The maximum atomic E-state index is 13.7. The lowest BCUT2D eigenvalue weighted by Gasteiger charge is -2.62. The Bertz CT molecular complexity index is 1210. The van der Waals surface area contributed by atoms with E-state index in [1.807, 2.05) is 20.8 Å². The zero-order valence-electron chi connectivity index (χ0n) is 24.5. The molecule has 1 aromatic carbocycles. The fourth-order valence-electron chi connectivity index (χ4n) is 7.31. The van der Waals surface area contributed by atoms with Crippen LogP contribution in [0.3, 0.4) is 0 Å². The van der Waals surface area contributed by atoms with Crippen LogP contribution in [0.2, 0.25) is 0 Å². The number of benzene rings is 1. The van der Waals surface area contributed by atoms with Gasteiger partial charge in [-0.2, -0.15) is 0 Å². The number of hydrogen-bond donors (Lipinski definition) is 0. The molecule has 0 unspecified atom stereocenters. The molecule has 41 heavy (non-hydrogen) atoms. The minimum absolute atomic E-state index is 0.230. The first kappa shape index (κ1) is 30.5. The Morgan fingerprint density at radius 1 is 0.829 bits per heavy atom. The average Bonchev–Trinajstić information content (AvgIpc) is 3.13. The van der Waals surface area contributed by atoms with Gasteiger partial charge in [0.15, 0.2) is 12.2 Å². The molecule has 1 heterocycles.